The van der Waals surface area contributed by atoms with E-state index >= 15 is 0 Å². The summed E-state index contributed by atoms with van der Waals surface area (Å²) < 4.78 is 5.64. The minimum Gasteiger partial charge on any atom is -0.507 e. The Morgan fingerprint density at radius 3 is 2.50 bits per heavy atom. The molecular weight excluding hydrogens is 416 g/mol. The van der Waals surface area contributed by atoms with Gasteiger partial charge in [-0.2, -0.15) is 0 Å². The fourth-order valence-corrected chi connectivity index (χ4v) is 4.26. The molecule has 0 spiro atoms. The highest BCUT2D eigenvalue weighted by Crippen LogP contribution is 2.48. The van der Waals surface area contributed by atoms with Crippen LogP contribution in [0.1, 0.15) is 17.0 Å². The summed E-state index contributed by atoms with van der Waals surface area (Å²) in [5, 5.41) is 38.7. The van der Waals surface area contributed by atoms with Gasteiger partial charge in [-0.25, -0.2) is 0 Å². The molecule has 1 unspecified atom stereocenters. The van der Waals surface area contributed by atoms with E-state index in [1.807, 2.05) is 24.3 Å². The number of ether oxygens (including phenoxy) is 1. The van der Waals surface area contributed by atoms with Gasteiger partial charge in [0.2, 0.25) is 0 Å². The SMILES string of the molecule is CNC1=C([N+](=O)[O-])C(c2ccc3[nH]c4ccccc4c3c2O)c2cc([N+](=O)[O-])ccc2O1. The molecule has 1 aliphatic heterocycles. The number of hydrogen-bond donors (Lipinski definition) is 3. The van der Waals surface area contributed by atoms with Crippen LogP contribution in [0.4, 0.5) is 5.69 Å². The molecule has 2 heterocycles. The van der Waals surface area contributed by atoms with Crippen molar-refractivity contribution < 1.29 is 19.7 Å². The monoisotopic (exact) mass is 432 g/mol. The standard InChI is InChI=1S/C22H16N4O6/c1-23-22-20(26(30)31)18(14-10-11(25(28)29)6-9-17(14)32-22)13-7-8-16-19(21(13)27)12-4-2-3-5-15(12)24-16/h2-10,18,23-24,27H,1H3. The zero-order valence-corrected chi connectivity index (χ0v) is 16.7. The number of non-ortho nitro benzene ring substituents is 1. The first-order valence-electron chi connectivity index (χ1n) is 9.65. The molecule has 0 fully saturated rings. The van der Waals surface area contributed by atoms with Crippen LogP contribution in [0.15, 0.2) is 66.2 Å². The van der Waals surface area contributed by atoms with Gasteiger partial charge < -0.3 is 20.1 Å². The van der Waals surface area contributed by atoms with Crippen molar-refractivity contribution in [1.29, 1.82) is 0 Å². The van der Waals surface area contributed by atoms with Crippen LogP contribution in [0.5, 0.6) is 11.5 Å². The van der Waals surface area contributed by atoms with Crippen molar-refractivity contribution in [2.75, 3.05) is 7.05 Å². The number of H-pyrrole nitrogens is 1. The molecule has 0 amide bonds. The van der Waals surface area contributed by atoms with E-state index in [1.165, 1.54) is 25.2 Å². The van der Waals surface area contributed by atoms with Gasteiger partial charge in [-0.15, -0.1) is 0 Å². The number of hydrogen-bond acceptors (Lipinski definition) is 7. The quantitative estimate of drug-likeness (QED) is 0.325. The first-order chi connectivity index (χ1) is 15.4. The molecule has 0 aliphatic carbocycles. The largest absolute Gasteiger partial charge is 0.507 e. The summed E-state index contributed by atoms with van der Waals surface area (Å²) in [7, 11) is 1.48. The van der Waals surface area contributed by atoms with Crippen LogP contribution < -0.4 is 10.1 Å². The third-order valence-electron chi connectivity index (χ3n) is 5.64. The van der Waals surface area contributed by atoms with Crippen molar-refractivity contribution in [2.45, 2.75) is 5.92 Å². The number of nitro benzene ring substituents is 1. The number of rotatable bonds is 4. The maximum atomic E-state index is 12.1. The molecule has 1 aliphatic rings. The lowest BCUT2D eigenvalue weighted by molar-refractivity contribution is -0.433. The summed E-state index contributed by atoms with van der Waals surface area (Å²) in [5.41, 5.74) is 1.35. The second kappa shape index (κ2) is 6.98. The number of para-hydroxylation sites is 1. The summed E-state index contributed by atoms with van der Waals surface area (Å²) in [4.78, 5) is 25.5. The normalized spacial score (nSPS) is 15.5. The van der Waals surface area contributed by atoms with E-state index in [0.717, 1.165) is 10.9 Å². The smallest absolute Gasteiger partial charge is 0.317 e. The van der Waals surface area contributed by atoms with Crippen molar-refractivity contribution in [3.8, 4) is 11.5 Å². The van der Waals surface area contributed by atoms with Gasteiger partial charge in [-0.05, 0) is 18.2 Å². The molecule has 0 bridgehead atoms. The lowest BCUT2D eigenvalue weighted by Crippen LogP contribution is -2.28. The number of nitro groups is 2. The predicted molar refractivity (Wildman–Crippen MR) is 116 cm³/mol. The highest BCUT2D eigenvalue weighted by molar-refractivity contribution is 6.10. The number of benzene rings is 3. The molecule has 0 radical (unpaired) electrons. The van der Waals surface area contributed by atoms with Crippen LogP contribution >= 0.6 is 0 Å². The minimum absolute atomic E-state index is 0.0974. The van der Waals surface area contributed by atoms with E-state index in [4.69, 9.17) is 4.74 Å². The van der Waals surface area contributed by atoms with Crippen molar-refractivity contribution >= 4 is 27.5 Å². The van der Waals surface area contributed by atoms with Crippen molar-refractivity contribution in [2.24, 2.45) is 0 Å². The first kappa shape index (κ1) is 19.4. The third kappa shape index (κ3) is 2.73. The molecule has 3 N–H and O–H groups in total. The average molecular weight is 432 g/mol. The van der Waals surface area contributed by atoms with Gasteiger partial charge >= 0.3 is 5.70 Å². The average Bonchev–Trinajstić information content (AvgIpc) is 3.17. The Morgan fingerprint density at radius 1 is 1.00 bits per heavy atom. The fraction of sp³-hybridized carbons (Fsp3) is 0.0909. The van der Waals surface area contributed by atoms with E-state index in [-0.39, 0.29) is 39.9 Å². The Kier molecular flexibility index (Phi) is 4.22. The highest BCUT2D eigenvalue weighted by Gasteiger charge is 2.42. The van der Waals surface area contributed by atoms with E-state index in [0.29, 0.717) is 10.9 Å². The maximum Gasteiger partial charge on any atom is 0.317 e. The fourth-order valence-electron chi connectivity index (χ4n) is 4.26. The number of nitrogens with one attached hydrogen (secondary N) is 2. The molecule has 3 aromatic carbocycles. The molecule has 1 atom stereocenters. The van der Waals surface area contributed by atoms with Crippen LogP contribution in [0, 0.1) is 20.2 Å². The molecule has 4 aromatic rings. The Balaban J connectivity index is 1.84. The molecule has 5 rings (SSSR count). The van der Waals surface area contributed by atoms with Crippen LogP contribution in [0.3, 0.4) is 0 Å². The minimum atomic E-state index is -1.10. The second-order valence-electron chi connectivity index (χ2n) is 7.33. The number of aromatic hydroxyl groups is 1. The lowest BCUT2D eigenvalue weighted by Gasteiger charge is -2.26. The molecule has 0 saturated carbocycles. The lowest BCUT2D eigenvalue weighted by atomic mass is 9.85. The van der Waals surface area contributed by atoms with Crippen molar-refractivity contribution in [3.05, 3.63) is 97.5 Å². The number of phenolic OH excluding ortho intramolecular Hbond substituents is 1. The maximum absolute atomic E-state index is 12.1. The summed E-state index contributed by atoms with van der Waals surface area (Å²) in [6.07, 6.45) is 0. The van der Waals surface area contributed by atoms with Gasteiger partial charge in [0.25, 0.3) is 11.6 Å². The second-order valence-corrected chi connectivity index (χ2v) is 7.33. The van der Waals surface area contributed by atoms with Crippen LogP contribution in [0.2, 0.25) is 0 Å². The van der Waals surface area contributed by atoms with E-state index in [1.54, 1.807) is 12.1 Å². The van der Waals surface area contributed by atoms with Crippen LogP contribution in [0.25, 0.3) is 21.8 Å². The molecule has 10 nitrogen and oxygen atoms in total. The number of aromatic amines is 1. The molecule has 0 saturated heterocycles. The van der Waals surface area contributed by atoms with E-state index in [9.17, 15) is 25.3 Å². The molecular formula is C22H16N4O6. The summed E-state index contributed by atoms with van der Waals surface area (Å²) in [6.45, 7) is 0. The first-order valence-corrected chi connectivity index (χ1v) is 9.65. The predicted octanol–water partition coefficient (Wildman–Crippen LogP) is 4.12. The van der Waals surface area contributed by atoms with Crippen molar-refractivity contribution in [3.63, 3.8) is 0 Å². The Labute approximate surface area is 180 Å². The van der Waals surface area contributed by atoms with Gasteiger partial charge in [0.05, 0.1) is 15.4 Å². The van der Waals surface area contributed by atoms with Gasteiger partial charge in [0, 0.05) is 46.6 Å². The summed E-state index contributed by atoms with van der Waals surface area (Å²) >= 11 is 0. The van der Waals surface area contributed by atoms with Crippen LogP contribution in [-0.4, -0.2) is 27.0 Å². The number of aromatic nitrogens is 1. The van der Waals surface area contributed by atoms with E-state index in [2.05, 4.69) is 10.3 Å². The zero-order valence-electron chi connectivity index (χ0n) is 16.7. The van der Waals surface area contributed by atoms with Crippen LogP contribution in [-0.2, 0) is 0 Å². The summed E-state index contributed by atoms with van der Waals surface area (Å²) in [6, 6.07) is 14.6. The highest BCUT2D eigenvalue weighted by atomic mass is 16.6. The summed E-state index contributed by atoms with van der Waals surface area (Å²) in [5.74, 6) is -1.11. The Hall–Kier alpha value is -4.60. The molecule has 1 aromatic heterocycles. The van der Waals surface area contributed by atoms with E-state index < -0.39 is 15.8 Å². The third-order valence-corrected chi connectivity index (χ3v) is 5.64. The Bertz CT molecular complexity index is 1470. The van der Waals surface area contributed by atoms with Gasteiger partial charge in [-0.1, -0.05) is 24.3 Å². The topological polar surface area (TPSA) is 144 Å². The number of allylic oxidation sites excluding steroid dienone is 1. The van der Waals surface area contributed by atoms with Crippen molar-refractivity contribution in [1.82, 2.24) is 10.3 Å². The number of phenols is 1. The Morgan fingerprint density at radius 2 is 1.78 bits per heavy atom. The van der Waals surface area contributed by atoms with Gasteiger partial charge in [0.1, 0.15) is 17.4 Å². The van der Waals surface area contributed by atoms with Gasteiger partial charge in [0.15, 0.2) is 0 Å². The number of nitrogens with zero attached hydrogens (tertiary/aromatic N) is 2. The zero-order chi connectivity index (χ0) is 22.6. The van der Waals surface area contributed by atoms with Gasteiger partial charge in [-0.3, -0.25) is 20.2 Å². The molecule has 160 valence electrons. The molecule has 10 heteroatoms. The molecule has 32 heavy (non-hydrogen) atoms. The number of fused-ring (bicyclic) bond motifs is 4.